The zero-order valence-corrected chi connectivity index (χ0v) is 16.4. The first-order valence-electron chi connectivity index (χ1n) is 9.09. The number of hydrogen-bond donors (Lipinski definition) is 1. The highest BCUT2D eigenvalue weighted by atomic mass is 32.1. The van der Waals surface area contributed by atoms with Gasteiger partial charge in [0.2, 0.25) is 0 Å². The molecule has 1 amide bonds. The van der Waals surface area contributed by atoms with Crippen molar-refractivity contribution in [2.45, 2.75) is 0 Å². The molecule has 3 aromatic rings. The molecule has 1 saturated heterocycles. The first kappa shape index (κ1) is 18.5. The Morgan fingerprint density at radius 1 is 1.11 bits per heavy atom. The van der Waals surface area contributed by atoms with Gasteiger partial charge in [0.15, 0.2) is 5.13 Å². The Hall–Kier alpha value is -2.90. The van der Waals surface area contributed by atoms with Gasteiger partial charge in [0.1, 0.15) is 10.6 Å². The van der Waals surface area contributed by atoms with E-state index in [2.05, 4.69) is 10.2 Å². The van der Waals surface area contributed by atoms with E-state index < -0.39 is 0 Å². The monoisotopic (exact) mass is 395 g/mol. The Balaban J connectivity index is 1.69. The number of thiazole rings is 1. The number of methoxy groups -OCH3 is 1. The summed E-state index contributed by atoms with van der Waals surface area (Å²) in [6.45, 7) is 2.89. The molecule has 2 aromatic carbocycles. The Morgan fingerprint density at radius 2 is 1.82 bits per heavy atom. The molecule has 1 aliphatic rings. The number of nitrogens with one attached hydrogen (secondary N) is 1. The fourth-order valence-corrected chi connectivity index (χ4v) is 4.11. The number of rotatable bonds is 5. The Bertz CT molecular complexity index is 953. The van der Waals surface area contributed by atoms with E-state index in [-0.39, 0.29) is 5.91 Å². The van der Waals surface area contributed by atoms with Gasteiger partial charge in [-0.25, -0.2) is 4.98 Å². The summed E-state index contributed by atoms with van der Waals surface area (Å²) < 4.78 is 10.8. The molecule has 7 heteroatoms. The number of ether oxygens (including phenoxy) is 2. The molecular formula is C21H21N3O3S. The maximum atomic E-state index is 13.1. The third-order valence-corrected chi connectivity index (χ3v) is 5.62. The van der Waals surface area contributed by atoms with Gasteiger partial charge in [-0.05, 0) is 12.1 Å². The molecule has 144 valence electrons. The standard InChI is InChI=1S/C21H21N3O3S/c1-26-17-10-6-5-9-16(17)22-20(25)19-18(15-7-3-2-4-8-15)23-21(28-19)24-11-13-27-14-12-24/h2-10H,11-14H2,1H3,(H,22,25). The van der Waals surface area contributed by atoms with Crippen LogP contribution in [0.2, 0.25) is 0 Å². The molecule has 28 heavy (non-hydrogen) atoms. The molecule has 0 unspecified atom stereocenters. The number of benzene rings is 2. The number of para-hydroxylation sites is 2. The molecule has 6 nitrogen and oxygen atoms in total. The van der Waals surface area contributed by atoms with Crippen molar-refractivity contribution in [1.29, 1.82) is 0 Å². The van der Waals surface area contributed by atoms with Crippen molar-refractivity contribution in [3.8, 4) is 17.0 Å². The van der Waals surface area contributed by atoms with Gasteiger partial charge in [0, 0.05) is 18.7 Å². The van der Waals surface area contributed by atoms with Crippen molar-refractivity contribution in [2.75, 3.05) is 43.6 Å². The molecule has 1 fully saturated rings. The average molecular weight is 395 g/mol. The first-order valence-corrected chi connectivity index (χ1v) is 9.91. The third-order valence-electron chi connectivity index (χ3n) is 4.51. The van der Waals surface area contributed by atoms with Crippen LogP contribution in [-0.4, -0.2) is 44.3 Å². The normalized spacial score (nSPS) is 14.0. The smallest absolute Gasteiger partial charge is 0.268 e. The summed E-state index contributed by atoms with van der Waals surface area (Å²) in [6.07, 6.45) is 0. The number of aromatic nitrogens is 1. The summed E-state index contributed by atoms with van der Waals surface area (Å²) in [6, 6.07) is 17.2. The second-order valence-corrected chi connectivity index (χ2v) is 7.27. The van der Waals surface area contributed by atoms with Gasteiger partial charge in [-0.1, -0.05) is 53.8 Å². The van der Waals surface area contributed by atoms with Gasteiger partial charge < -0.3 is 19.7 Å². The molecule has 0 bridgehead atoms. The molecule has 1 N–H and O–H groups in total. The molecule has 0 saturated carbocycles. The largest absolute Gasteiger partial charge is 0.495 e. The number of hydrogen-bond acceptors (Lipinski definition) is 6. The van der Waals surface area contributed by atoms with Crippen molar-refractivity contribution in [3.05, 3.63) is 59.5 Å². The molecular weight excluding hydrogens is 374 g/mol. The lowest BCUT2D eigenvalue weighted by Gasteiger charge is -2.26. The van der Waals surface area contributed by atoms with Gasteiger partial charge in [-0.3, -0.25) is 4.79 Å². The van der Waals surface area contributed by atoms with Crippen LogP contribution in [-0.2, 0) is 4.74 Å². The van der Waals surface area contributed by atoms with Crippen LogP contribution in [0.4, 0.5) is 10.8 Å². The van der Waals surface area contributed by atoms with E-state index in [9.17, 15) is 4.79 Å². The zero-order valence-electron chi connectivity index (χ0n) is 15.6. The second-order valence-electron chi connectivity index (χ2n) is 6.29. The molecule has 4 rings (SSSR count). The second kappa shape index (κ2) is 8.41. The van der Waals surface area contributed by atoms with Gasteiger partial charge in [0.05, 0.1) is 31.7 Å². The molecule has 2 heterocycles. The van der Waals surface area contributed by atoms with Crippen molar-refractivity contribution < 1.29 is 14.3 Å². The van der Waals surface area contributed by atoms with E-state index in [0.29, 0.717) is 35.2 Å². The lowest BCUT2D eigenvalue weighted by Crippen LogP contribution is -2.36. The topological polar surface area (TPSA) is 63.7 Å². The molecule has 1 aromatic heterocycles. The highest BCUT2D eigenvalue weighted by Gasteiger charge is 2.24. The van der Waals surface area contributed by atoms with Crippen LogP contribution in [0.25, 0.3) is 11.3 Å². The SMILES string of the molecule is COc1ccccc1NC(=O)c1sc(N2CCOCC2)nc1-c1ccccc1. The van der Waals surface area contributed by atoms with Gasteiger partial charge >= 0.3 is 0 Å². The number of amides is 1. The third kappa shape index (κ3) is 3.85. The molecule has 0 spiro atoms. The van der Waals surface area contributed by atoms with E-state index in [4.69, 9.17) is 14.5 Å². The van der Waals surface area contributed by atoms with E-state index in [1.807, 2.05) is 54.6 Å². The minimum atomic E-state index is -0.194. The summed E-state index contributed by atoms with van der Waals surface area (Å²) in [5, 5.41) is 3.81. The zero-order chi connectivity index (χ0) is 19.3. The molecule has 1 aliphatic heterocycles. The summed E-state index contributed by atoms with van der Waals surface area (Å²) in [5.74, 6) is 0.426. The molecule has 0 aliphatic carbocycles. The lowest BCUT2D eigenvalue weighted by atomic mass is 10.1. The molecule has 0 atom stereocenters. The first-order chi connectivity index (χ1) is 13.8. The summed E-state index contributed by atoms with van der Waals surface area (Å²) in [5.41, 5.74) is 2.25. The van der Waals surface area contributed by atoms with Crippen LogP contribution in [0.3, 0.4) is 0 Å². The van der Waals surface area contributed by atoms with Gasteiger partial charge in [-0.2, -0.15) is 0 Å². The van der Waals surface area contributed by atoms with Crippen LogP contribution in [0.1, 0.15) is 9.67 Å². The number of morpholine rings is 1. The highest BCUT2D eigenvalue weighted by Crippen LogP contribution is 2.34. The Kier molecular flexibility index (Phi) is 5.55. The number of carbonyl (C=O) groups is 1. The quantitative estimate of drug-likeness (QED) is 0.710. The fourth-order valence-electron chi connectivity index (χ4n) is 3.07. The minimum Gasteiger partial charge on any atom is -0.495 e. The summed E-state index contributed by atoms with van der Waals surface area (Å²) in [7, 11) is 1.59. The number of nitrogens with zero attached hydrogens (tertiary/aromatic N) is 2. The summed E-state index contributed by atoms with van der Waals surface area (Å²) >= 11 is 1.41. The maximum Gasteiger partial charge on any atom is 0.268 e. The van der Waals surface area contributed by atoms with Gasteiger partial charge in [0.25, 0.3) is 5.91 Å². The van der Waals surface area contributed by atoms with Crippen molar-refractivity contribution in [2.24, 2.45) is 0 Å². The highest BCUT2D eigenvalue weighted by molar-refractivity contribution is 7.18. The van der Waals surface area contributed by atoms with Crippen molar-refractivity contribution in [1.82, 2.24) is 4.98 Å². The van der Waals surface area contributed by atoms with Crippen LogP contribution >= 0.6 is 11.3 Å². The fraction of sp³-hybridized carbons (Fsp3) is 0.238. The van der Waals surface area contributed by atoms with Crippen molar-refractivity contribution >= 4 is 28.1 Å². The van der Waals surface area contributed by atoms with E-state index >= 15 is 0 Å². The minimum absolute atomic E-state index is 0.194. The van der Waals surface area contributed by atoms with E-state index in [0.717, 1.165) is 23.8 Å². The van der Waals surface area contributed by atoms with Gasteiger partial charge in [-0.15, -0.1) is 0 Å². The van der Waals surface area contributed by atoms with E-state index in [1.54, 1.807) is 7.11 Å². The van der Waals surface area contributed by atoms with E-state index in [1.165, 1.54) is 11.3 Å². The Morgan fingerprint density at radius 3 is 2.57 bits per heavy atom. The number of carbonyl (C=O) groups excluding carboxylic acids is 1. The summed E-state index contributed by atoms with van der Waals surface area (Å²) in [4.78, 5) is 20.7. The predicted molar refractivity (Wildman–Crippen MR) is 112 cm³/mol. The van der Waals surface area contributed by atoms with Crippen LogP contribution in [0.15, 0.2) is 54.6 Å². The Labute approximate surface area is 167 Å². The molecule has 0 radical (unpaired) electrons. The van der Waals surface area contributed by atoms with Crippen LogP contribution < -0.4 is 15.0 Å². The predicted octanol–water partition coefficient (Wildman–Crippen LogP) is 3.91. The van der Waals surface area contributed by atoms with Crippen LogP contribution in [0.5, 0.6) is 5.75 Å². The lowest BCUT2D eigenvalue weighted by molar-refractivity contribution is 0.103. The average Bonchev–Trinajstić information content (AvgIpc) is 3.21. The van der Waals surface area contributed by atoms with Crippen molar-refractivity contribution in [3.63, 3.8) is 0 Å². The van der Waals surface area contributed by atoms with Crippen LogP contribution in [0, 0.1) is 0 Å². The maximum absolute atomic E-state index is 13.1. The number of anilines is 2.